The van der Waals surface area contributed by atoms with E-state index < -0.39 is 5.43 Å². The van der Waals surface area contributed by atoms with Crippen LogP contribution in [0.15, 0.2) is 0 Å². The average Bonchev–Trinajstić information content (AvgIpc) is 1.35. The summed E-state index contributed by atoms with van der Waals surface area (Å²) < 4.78 is 4.04. The first-order valence-electron chi connectivity index (χ1n) is 1.41. The van der Waals surface area contributed by atoms with E-state index in [1.165, 1.54) is 6.61 Å². The van der Waals surface area contributed by atoms with Gasteiger partial charge >= 0.3 is 5.43 Å². The molecule has 0 rings (SSSR count). The Balaban J connectivity index is 2.83. The van der Waals surface area contributed by atoms with Gasteiger partial charge in [-0.05, 0) is 6.92 Å². The van der Waals surface area contributed by atoms with Crippen LogP contribution < -0.4 is 0 Å². The number of halogens is 1. The Hall–Kier alpha value is -0.240. The summed E-state index contributed by atoms with van der Waals surface area (Å²) in [5.41, 5.74) is -0.794. The molecule has 0 saturated heterocycles. The maximum atomic E-state index is 9.56. The quantitative estimate of drug-likeness (QED) is 0.475. The van der Waals surface area contributed by atoms with Crippen LogP contribution in [0.2, 0.25) is 0 Å². The van der Waals surface area contributed by atoms with E-state index in [1.54, 1.807) is 6.92 Å². The van der Waals surface area contributed by atoms with Gasteiger partial charge in [0, 0.05) is 11.6 Å². The van der Waals surface area contributed by atoms with E-state index in [0.29, 0.717) is 0 Å². The lowest BCUT2D eigenvalue weighted by molar-refractivity contribution is 0.200. The normalized spacial score (nSPS) is 7.67. The molecule has 3 heteroatoms. The molecular formula is C3H4ClO2. The monoisotopic (exact) mass is 107 g/mol. The fourth-order valence-electron chi connectivity index (χ4n) is 0.0927. The Kier molecular flexibility index (Phi) is 2.85. The minimum absolute atomic E-state index is 0.794. The SMILES string of the molecule is C[CH]OC(=O)Cl. The van der Waals surface area contributed by atoms with E-state index in [9.17, 15) is 4.79 Å². The molecule has 0 aliphatic rings. The molecule has 0 aromatic rings. The van der Waals surface area contributed by atoms with Gasteiger partial charge in [-0.15, -0.1) is 0 Å². The van der Waals surface area contributed by atoms with Crippen molar-refractivity contribution < 1.29 is 9.53 Å². The van der Waals surface area contributed by atoms with Crippen LogP contribution in [0.1, 0.15) is 6.92 Å². The summed E-state index contributed by atoms with van der Waals surface area (Å²) in [4.78, 5) is 9.56. The first kappa shape index (κ1) is 5.76. The fraction of sp³-hybridized carbons (Fsp3) is 0.333. The standard InChI is InChI=1S/C3H4ClO2/c1-2-6-3(4)5/h2H,1H3. The van der Waals surface area contributed by atoms with Crippen molar-refractivity contribution in [2.24, 2.45) is 0 Å². The zero-order chi connectivity index (χ0) is 4.99. The van der Waals surface area contributed by atoms with Gasteiger partial charge in [-0.3, -0.25) is 0 Å². The molecule has 0 aliphatic heterocycles. The minimum Gasteiger partial charge on any atom is -0.447 e. The molecule has 0 aromatic heterocycles. The lowest BCUT2D eigenvalue weighted by Crippen LogP contribution is -1.83. The van der Waals surface area contributed by atoms with Crippen LogP contribution >= 0.6 is 11.6 Å². The van der Waals surface area contributed by atoms with E-state index in [4.69, 9.17) is 0 Å². The molecule has 0 atom stereocenters. The Bertz CT molecular complexity index is 52.8. The first-order valence-corrected chi connectivity index (χ1v) is 1.79. The maximum absolute atomic E-state index is 9.56. The highest BCUT2D eigenvalue weighted by Gasteiger charge is 1.86. The molecule has 6 heavy (non-hydrogen) atoms. The van der Waals surface area contributed by atoms with Gasteiger partial charge in [-0.1, -0.05) is 0 Å². The summed E-state index contributed by atoms with van der Waals surface area (Å²) >= 11 is 4.69. The molecule has 0 bridgehead atoms. The van der Waals surface area contributed by atoms with E-state index in [2.05, 4.69) is 16.3 Å². The van der Waals surface area contributed by atoms with Crippen molar-refractivity contribution in [3.8, 4) is 0 Å². The zero-order valence-electron chi connectivity index (χ0n) is 3.27. The molecule has 0 aromatic carbocycles. The van der Waals surface area contributed by atoms with Gasteiger partial charge in [0.05, 0.1) is 0 Å². The molecular weight excluding hydrogens is 103 g/mol. The van der Waals surface area contributed by atoms with E-state index in [1.807, 2.05) is 0 Å². The predicted molar refractivity (Wildman–Crippen MR) is 22.3 cm³/mol. The summed E-state index contributed by atoms with van der Waals surface area (Å²) in [6.45, 7) is 2.79. The topological polar surface area (TPSA) is 26.3 Å². The molecule has 0 aliphatic carbocycles. The number of carbonyl (C=O) groups excluding carboxylic acids is 1. The third-order valence-corrected chi connectivity index (χ3v) is 0.300. The van der Waals surface area contributed by atoms with E-state index >= 15 is 0 Å². The third kappa shape index (κ3) is 3.76. The van der Waals surface area contributed by atoms with Crippen LogP contribution in [0, 0.1) is 6.61 Å². The van der Waals surface area contributed by atoms with Crippen molar-refractivity contribution in [2.45, 2.75) is 6.92 Å². The maximum Gasteiger partial charge on any atom is 0.404 e. The first-order chi connectivity index (χ1) is 2.77. The van der Waals surface area contributed by atoms with E-state index in [-0.39, 0.29) is 0 Å². The lowest BCUT2D eigenvalue weighted by atomic mass is 10.9. The van der Waals surface area contributed by atoms with Crippen LogP contribution in [0.4, 0.5) is 4.79 Å². The number of carbonyl (C=O) groups is 1. The second-order valence-electron chi connectivity index (χ2n) is 0.591. The molecule has 0 saturated carbocycles. The molecule has 2 nitrogen and oxygen atoms in total. The summed E-state index contributed by atoms with van der Waals surface area (Å²) in [5, 5.41) is 0. The number of rotatable bonds is 1. The molecule has 0 N–H and O–H groups in total. The summed E-state index contributed by atoms with van der Waals surface area (Å²) in [6.07, 6.45) is 0. The van der Waals surface area contributed by atoms with Gasteiger partial charge in [-0.25, -0.2) is 4.79 Å². The van der Waals surface area contributed by atoms with Gasteiger partial charge in [-0.2, -0.15) is 0 Å². The second-order valence-corrected chi connectivity index (χ2v) is 0.900. The highest BCUT2D eigenvalue weighted by molar-refractivity contribution is 6.61. The smallest absolute Gasteiger partial charge is 0.404 e. The second kappa shape index (κ2) is 2.97. The number of ether oxygens (including phenoxy) is 1. The predicted octanol–water partition coefficient (Wildman–Crippen LogP) is 1.54. The molecule has 0 fully saturated rings. The molecule has 0 amide bonds. The highest BCUT2D eigenvalue weighted by atomic mass is 35.5. The number of hydrogen-bond donors (Lipinski definition) is 0. The molecule has 1 radical (unpaired) electrons. The molecule has 0 spiro atoms. The summed E-state index contributed by atoms with van der Waals surface area (Å²) in [6, 6.07) is 0. The average molecular weight is 108 g/mol. The van der Waals surface area contributed by atoms with Crippen LogP contribution in [0.25, 0.3) is 0 Å². The van der Waals surface area contributed by atoms with Crippen molar-refractivity contribution in [3.05, 3.63) is 6.61 Å². The minimum atomic E-state index is -0.794. The summed E-state index contributed by atoms with van der Waals surface area (Å²) in [5.74, 6) is 0. The molecule has 35 valence electrons. The van der Waals surface area contributed by atoms with Gasteiger partial charge in [0.2, 0.25) is 0 Å². The molecule has 0 unspecified atom stereocenters. The fourth-order valence-corrected chi connectivity index (χ4v) is 0.182. The van der Waals surface area contributed by atoms with Crippen molar-refractivity contribution in [3.63, 3.8) is 0 Å². The lowest BCUT2D eigenvalue weighted by Gasteiger charge is -1.85. The Labute approximate surface area is 41.0 Å². The van der Waals surface area contributed by atoms with Gasteiger partial charge < -0.3 is 4.74 Å². The van der Waals surface area contributed by atoms with E-state index in [0.717, 1.165) is 0 Å². The summed E-state index contributed by atoms with van der Waals surface area (Å²) in [7, 11) is 0. The van der Waals surface area contributed by atoms with Crippen LogP contribution in [-0.2, 0) is 4.74 Å². The van der Waals surface area contributed by atoms with Crippen molar-refractivity contribution in [2.75, 3.05) is 0 Å². The zero-order valence-corrected chi connectivity index (χ0v) is 4.03. The van der Waals surface area contributed by atoms with Gasteiger partial charge in [0.1, 0.15) is 6.61 Å². The van der Waals surface area contributed by atoms with Crippen LogP contribution in [0.3, 0.4) is 0 Å². The third-order valence-electron chi connectivity index (χ3n) is 0.211. The molecule has 0 heterocycles. The van der Waals surface area contributed by atoms with Gasteiger partial charge in [0.25, 0.3) is 0 Å². The Morgan fingerprint density at radius 2 is 2.50 bits per heavy atom. The van der Waals surface area contributed by atoms with Crippen molar-refractivity contribution in [1.29, 1.82) is 0 Å². The van der Waals surface area contributed by atoms with Crippen LogP contribution in [0.5, 0.6) is 0 Å². The van der Waals surface area contributed by atoms with Crippen molar-refractivity contribution >= 4 is 17.0 Å². The number of hydrogen-bond acceptors (Lipinski definition) is 2. The Morgan fingerprint density at radius 1 is 2.00 bits per heavy atom. The van der Waals surface area contributed by atoms with Crippen LogP contribution in [-0.4, -0.2) is 5.43 Å². The largest absolute Gasteiger partial charge is 0.447 e. The van der Waals surface area contributed by atoms with Crippen molar-refractivity contribution in [1.82, 2.24) is 0 Å². The van der Waals surface area contributed by atoms with Gasteiger partial charge in [0.15, 0.2) is 0 Å². The highest BCUT2D eigenvalue weighted by Crippen LogP contribution is 1.86. The Morgan fingerprint density at radius 3 is 2.50 bits per heavy atom.